The van der Waals surface area contributed by atoms with Crippen LogP contribution in [0.3, 0.4) is 0 Å². The molecule has 0 spiro atoms. The molecule has 2 heterocycles. The van der Waals surface area contributed by atoms with E-state index in [-0.39, 0.29) is 18.6 Å². The summed E-state index contributed by atoms with van der Waals surface area (Å²) in [5.74, 6) is -0.828. The highest BCUT2D eigenvalue weighted by Crippen LogP contribution is 2.28. The van der Waals surface area contributed by atoms with Crippen LogP contribution in [-0.4, -0.2) is 30.1 Å². The molecule has 1 aromatic rings. The Balaban J connectivity index is 2.09. The third-order valence-corrected chi connectivity index (χ3v) is 3.02. The van der Waals surface area contributed by atoms with Crippen molar-refractivity contribution in [2.24, 2.45) is 11.1 Å². The molecule has 1 aliphatic rings. The van der Waals surface area contributed by atoms with Crippen LogP contribution in [0.2, 0.25) is 0 Å². The maximum absolute atomic E-state index is 12.6. The van der Waals surface area contributed by atoms with Crippen LogP contribution in [0.15, 0.2) is 18.3 Å². The third-order valence-electron chi connectivity index (χ3n) is 3.02. The molecule has 1 amide bonds. The van der Waals surface area contributed by atoms with E-state index < -0.39 is 11.4 Å². The molecule has 3 N–H and O–H groups in total. The number of ether oxygens (including phenoxy) is 1. The van der Waals surface area contributed by atoms with E-state index in [0.29, 0.717) is 12.3 Å². The number of carbonyl (C=O) groups excluding carboxylic acids is 1. The summed E-state index contributed by atoms with van der Waals surface area (Å²) in [6.07, 6.45) is 1.26. The first-order chi connectivity index (χ1) is 8.02. The normalized spacial score (nSPS) is 28.1. The van der Waals surface area contributed by atoms with Crippen molar-refractivity contribution >= 4 is 11.6 Å². The molecule has 92 valence electrons. The fourth-order valence-corrected chi connectivity index (χ4v) is 1.65. The molecule has 0 bridgehead atoms. The molecular formula is C11H14FN3O2. The van der Waals surface area contributed by atoms with Gasteiger partial charge < -0.3 is 15.8 Å². The first kappa shape index (κ1) is 11.9. The van der Waals surface area contributed by atoms with E-state index in [2.05, 4.69) is 10.3 Å². The van der Waals surface area contributed by atoms with E-state index >= 15 is 0 Å². The van der Waals surface area contributed by atoms with Gasteiger partial charge in [0, 0.05) is 6.04 Å². The van der Waals surface area contributed by atoms with Gasteiger partial charge in [-0.3, -0.25) is 4.79 Å². The molecule has 5 nitrogen and oxygen atoms in total. The standard InChI is InChI=1S/C11H14FN3O2/c1-11(6-17-5-8(11)13)10(16)15-7-2-3-9(12)14-4-7/h2-4,8H,5-6,13H2,1H3,(H,15,16). The van der Waals surface area contributed by atoms with Gasteiger partial charge >= 0.3 is 0 Å². The van der Waals surface area contributed by atoms with Crippen LogP contribution < -0.4 is 11.1 Å². The highest BCUT2D eigenvalue weighted by Gasteiger charge is 2.44. The minimum atomic E-state index is -0.756. The fourth-order valence-electron chi connectivity index (χ4n) is 1.65. The van der Waals surface area contributed by atoms with Crippen molar-refractivity contribution in [3.8, 4) is 0 Å². The lowest BCUT2D eigenvalue weighted by Crippen LogP contribution is -2.47. The monoisotopic (exact) mass is 239 g/mol. The van der Waals surface area contributed by atoms with Crippen LogP contribution in [0.25, 0.3) is 0 Å². The van der Waals surface area contributed by atoms with Crippen molar-refractivity contribution in [1.29, 1.82) is 0 Å². The van der Waals surface area contributed by atoms with Crippen molar-refractivity contribution in [2.45, 2.75) is 13.0 Å². The van der Waals surface area contributed by atoms with E-state index in [9.17, 15) is 9.18 Å². The highest BCUT2D eigenvalue weighted by atomic mass is 19.1. The van der Waals surface area contributed by atoms with Crippen molar-refractivity contribution in [2.75, 3.05) is 18.5 Å². The van der Waals surface area contributed by atoms with Crippen LogP contribution in [-0.2, 0) is 9.53 Å². The molecule has 0 radical (unpaired) electrons. The molecule has 0 saturated carbocycles. The predicted octanol–water partition coefficient (Wildman–Crippen LogP) is 0.523. The molecule has 2 unspecified atom stereocenters. The zero-order valence-electron chi connectivity index (χ0n) is 9.44. The number of nitrogens with two attached hydrogens (primary N) is 1. The van der Waals surface area contributed by atoms with Crippen molar-refractivity contribution < 1.29 is 13.9 Å². The lowest BCUT2D eigenvalue weighted by Gasteiger charge is -2.25. The minimum Gasteiger partial charge on any atom is -0.379 e. The Labute approximate surface area is 98.2 Å². The van der Waals surface area contributed by atoms with E-state index in [1.807, 2.05) is 0 Å². The van der Waals surface area contributed by atoms with Gasteiger partial charge in [-0.15, -0.1) is 0 Å². The third kappa shape index (κ3) is 2.27. The number of nitrogens with one attached hydrogen (secondary N) is 1. The van der Waals surface area contributed by atoms with Crippen LogP contribution in [0.4, 0.5) is 10.1 Å². The topological polar surface area (TPSA) is 77.2 Å². The zero-order valence-corrected chi connectivity index (χ0v) is 9.44. The summed E-state index contributed by atoms with van der Waals surface area (Å²) < 4.78 is 17.8. The summed E-state index contributed by atoms with van der Waals surface area (Å²) in [4.78, 5) is 15.5. The molecule has 1 aliphatic heterocycles. The Morgan fingerprint density at radius 1 is 1.71 bits per heavy atom. The number of halogens is 1. The minimum absolute atomic E-state index is 0.240. The second-order valence-electron chi connectivity index (χ2n) is 4.36. The molecule has 2 atom stereocenters. The van der Waals surface area contributed by atoms with Gasteiger partial charge in [0.25, 0.3) is 0 Å². The van der Waals surface area contributed by atoms with E-state index in [0.717, 1.165) is 0 Å². The van der Waals surface area contributed by atoms with Crippen molar-refractivity contribution in [1.82, 2.24) is 4.98 Å². The number of pyridine rings is 1. The number of carbonyl (C=O) groups is 1. The van der Waals surface area contributed by atoms with Gasteiger partial charge in [-0.25, -0.2) is 4.98 Å². The number of aromatic nitrogens is 1. The summed E-state index contributed by atoms with van der Waals surface area (Å²) in [5.41, 5.74) is 5.52. The highest BCUT2D eigenvalue weighted by molar-refractivity contribution is 5.95. The van der Waals surface area contributed by atoms with Crippen molar-refractivity contribution in [3.05, 3.63) is 24.3 Å². The number of amides is 1. The quantitative estimate of drug-likeness (QED) is 0.738. The van der Waals surface area contributed by atoms with Crippen LogP contribution in [0.1, 0.15) is 6.92 Å². The van der Waals surface area contributed by atoms with E-state index in [1.54, 1.807) is 6.92 Å². The average Bonchev–Trinajstić information content (AvgIpc) is 2.64. The molecule has 1 fully saturated rings. The molecule has 1 saturated heterocycles. The number of hydrogen-bond donors (Lipinski definition) is 2. The second-order valence-corrected chi connectivity index (χ2v) is 4.36. The summed E-state index contributed by atoms with van der Waals surface area (Å²) in [5, 5.41) is 2.65. The number of nitrogens with zero attached hydrogens (tertiary/aromatic N) is 1. The summed E-state index contributed by atoms with van der Waals surface area (Å²) in [7, 11) is 0. The zero-order chi connectivity index (χ0) is 12.5. The van der Waals surface area contributed by atoms with Crippen LogP contribution in [0.5, 0.6) is 0 Å². The smallest absolute Gasteiger partial charge is 0.234 e. The van der Waals surface area contributed by atoms with E-state index in [1.165, 1.54) is 18.3 Å². The molecular weight excluding hydrogens is 225 g/mol. The van der Waals surface area contributed by atoms with Gasteiger partial charge in [0.2, 0.25) is 11.9 Å². The first-order valence-corrected chi connectivity index (χ1v) is 5.29. The van der Waals surface area contributed by atoms with Gasteiger partial charge in [-0.2, -0.15) is 4.39 Å². The fraction of sp³-hybridized carbons (Fsp3) is 0.455. The summed E-state index contributed by atoms with van der Waals surface area (Å²) in [6, 6.07) is 2.30. The Hall–Kier alpha value is -1.53. The largest absolute Gasteiger partial charge is 0.379 e. The Morgan fingerprint density at radius 2 is 2.47 bits per heavy atom. The number of rotatable bonds is 2. The first-order valence-electron chi connectivity index (χ1n) is 5.29. The molecule has 1 aromatic heterocycles. The molecule has 0 aromatic carbocycles. The van der Waals surface area contributed by atoms with Crippen LogP contribution >= 0.6 is 0 Å². The van der Waals surface area contributed by atoms with Gasteiger partial charge in [0.1, 0.15) is 0 Å². The van der Waals surface area contributed by atoms with Gasteiger partial charge in [0.15, 0.2) is 0 Å². The molecule has 6 heteroatoms. The maximum atomic E-state index is 12.6. The summed E-state index contributed by atoms with van der Waals surface area (Å²) in [6.45, 7) is 2.40. The number of hydrogen-bond acceptors (Lipinski definition) is 4. The van der Waals surface area contributed by atoms with Gasteiger partial charge in [0.05, 0.1) is 30.5 Å². The average molecular weight is 239 g/mol. The maximum Gasteiger partial charge on any atom is 0.234 e. The molecule has 0 aliphatic carbocycles. The van der Waals surface area contributed by atoms with Crippen LogP contribution in [0, 0.1) is 11.4 Å². The number of anilines is 1. The Kier molecular flexibility index (Phi) is 3.08. The SMILES string of the molecule is CC1(C(=O)Nc2ccc(F)nc2)COCC1N. The lowest BCUT2D eigenvalue weighted by molar-refractivity contribution is -0.125. The van der Waals surface area contributed by atoms with Crippen molar-refractivity contribution in [3.63, 3.8) is 0 Å². The van der Waals surface area contributed by atoms with Gasteiger partial charge in [-0.05, 0) is 19.1 Å². The Bertz CT molecular complexity index is 423. The second kappa shape index (κ2) is 4.38. The van der Waals surface area contributed by atoms with E-state index in [4.69, 9.17) is 10.5 Å². The predicted molar refractivity (Wildman–Crippen MR) is 59.7 cm³/mol. The Morgan fingerprint density at radius 3 is 3.00 bits per heavy atom. The summed E-state index contributed by atoms with van der Waals surface area (Å²) >= 11 is 0. The lowest BCUT2D eigenvalue weighted by atomic mass is 9.85. The molecule has 17 heavy (non-hydrogen) atoms. The molecule has 2 rings (SSSR count). The van der Waals surface area contributed by atoms with Gasteiger partial charge in [-0.1, -0.05) is 0 Å².